The van der Waals surface area contributed by atoms with Crippen molar-refractivity contribution in [2.24, 2.45) is 5.92 Å². The molecule has 3 nitrogen and oxygen atoms in total. The molecular formula is C9H13NO2. The number of carbonyl (C=O) groups is 1. The van der Waals surface area contributed by atoms with Gasteiger partial charge in [-0.2, -0.15) is 0 Å². The van der Waals surface area contributed by atoms with Crippen LogP contribution in [0.2, 0.25) is 0 Å². The van der Waals surface area contributed by atoms with E-state index in [2.05, 4.69) is 5.92 Å². The van der Waals surface area contributed by atoms with Gasteiger partial charge < -0.3 is 5.11 Å². The summed E-state index contributed by atoms with van der Waals surface area (Å²) < 4.78 is 0. The van der Waals surface area contributed by atoms with Gasteiger partial charge in [-0.3, -0.25) is 9.69 Å². The molecule has 66 valence electrons. The smallest absolute Gasteiger partial charge is 0.320 e. The van der Waals surface area contributed by atoms with Crippen LogP contribution >= 0.6 is 0 Å². The highest BCUT2D eigenvalue weighted by Gasteiger charge is 2.33. The third-order valence-electron chi connectivity index (χ3n) is 2.33. The highest BCUT2D eigenvalue weighted by molar-refractivity contribution is 5.73. The number of hydrogen-bond donors (Lipinski definition) is 1. The Morgan fingerprint density at radius 3 is 2.92 bits per heavy atom. The first-order chi connectivity index (χ1) is 5.65. The van der Waals surface area contributed by atoms with Crippen LogP contribution in [0.1, 0.15) is 12.8 Å². The lowest BCUT2D eigenvalue weighted by molar-refractivity contribution is -0.141. The molecule has 1 aliphatic heterocycles. The Labute approximate surface area is 72.4 Å². The molecule has 1 fully saturated rings. The lowest BCUT2D eigenvalue weighted by atomic mass is 10.0. The number of carboxylic acids is 1. The van der Waals surface area contributed by atoms with Crippen LogP contribution in [0.4, 0.5) is 0 Å². The zero-order valence-corrected chi connectivity index (χ0v) is 7.16. The van der Waals surface area contributed by atoms with Crippen molar-refractivity contribution in [3.63, 3.8) is 0 Å². The van der Waals surface area contributed by atoms with Gasteiger partial charge in [0.25, 0.3) is 0 Å². The monoisotopic (exact) mass is 167 g/mol. The molecule has 0 amide bonds. The van der Waals surface area contributed by atoms with Gasteiger partial charge in [-0.15, -0.1) is 12.3 Å². The van der Waals surface area contributed by atoms with Crippen LogP contribution in [0.3, 0.4) is 0 Å². The minimum atomic E-state index is -0.739. The molecule has 12 heavy (non-hydrogen) atoms. The molecule has 1 saturated heterocycles. The quantitative estimate of drug-likeness (QED) is 0.606. The molecule has 1 heterocycles. The van der Waals surface area contributed by atoms with Crippen LogP contribution in [0.15, 0.2) is 0 Å². The van der Waals surface area contributed by atoms with E-state index in [9.17, 15) is 4.79 Å². The molecule has 3 heteroatoms. The highest BCUT2D eigenvalue weighted by atomic mass is 16.4. The molecule has 2 unspecified atom stereocenters. The number of likely N-dealkylation sites (tertiary alicyclic amines) is 1. The van der Waals surface area contributed by atoms with Crippen molar-refractivity contribution in [1.29, 1.82) is 0 Å². The van der Waals surface area contributed by atoms with Gasteiger partial charge in [0.1, 0.15) is 6.04 Å². The van der Waals surface area contributed by atoms with Crippen LogP contribution in [-0.4, -0.2) is 35.6 Å². The third kappa shape index (κ3) is 1.77. The van der Waals surface area contributed by atoms with Gasteiger partial charge in [-0.25, -0.2) is 0 Å². The number of carboxylic acid groups (broad SMARTS) is 1. The Balaban J connectivity index is 2.51. The number of rotatable bonds is 2. The lowest BCUT2D eigenvalue weighted by Crippen LogP contribution is -2.32. The van der Waals surface area contributed by atoms with Crippen molar-refractivity contribution in [2.75, 3.05) is 13.6 Å². The standard InChI is InChI=1S/C9H13NO2/c1-3-4-7-5-8(9(11)12)10(2)6-7/h1,7-8H,4-6H2,2H3,(H,11,12). The zero-order chi connectivity index (χ0) is 9.14. The predicted molar refractivity (Wildman–Crippen MR) is 45.6 cm³/mol. The molecule has 1 rings (SSSR count). The summed E-state index contributed by atoms with van der Waals surface area (Å²) in [6, 6.07) is -0.330. The number of hydrogen-bond acceptors (Lipinski definition) is 2. The molecule has 0 aromatic carbocycles. The molecule has 0 saturated carbocycles. The van der Waals surface area contributed by atoms with Crippen LogP contribution < -0.4 is 0 Å². The molecular weight excluding hydrogens is 154 g/mol. The van der Waals surface area contributed by atoms with E-state index in [0.717, 1.165) is 6.54 Å². The average Bonchev–Trinajstić information content (AvgIpc) is 2.32. The molecule has 1 aliphatic rings. The number of nitrogens with zero attached hydrogens (tertiary/aromatic N) is 1. The van der Waals surface area contributed by atoms with Crippen LogP contribution in [0, 0.1) is 18.3 Å². The third-order valence-corrected chi connectivity index (χ3v) is 2.33. The average molecular weight is 167 g/mol. The molecule has 0 bridgehead atoms. The minimum absolute atomic E-state index is 0.330. The summed E-state index contributed by atoms with van der Waals surface area (Å²) in [6.07, 6.45) is 6.54. The van der Waals surface area contributed by atoms with Gasteiger partial charge >= 0.3 is 5.97 Å². The normalized spacial score (nSPS) is 30.0. The fraction of sp³-hybridized carbons (Fsp3) is 0.667. The van der Waals surface area contributed by atoms with Gasteiger partial charge in [-0.1, -0.05) is 0 Å². The first kappa shape index (κ1) is 9.08. The summed E-state index contributed by atoms with van der Waals surface area (Å²) in [5.41, 5.74) is 0. The Kier molecular flexibility index (Phi) is 2.72. The van der Waals surface area contributed by atoms with Crippen molar-refractivity contribution in [3.05, 3.63) is 0 Å². The van der Waals surface area contributed by atoms with E-state index in [1.165, 1.54) is 0 Å². The topological polar surface area (TPSA) is 40.5 Å². The van der Waals surface area contributed by atoms with E-state index >= 15 is 0 Å². The van der Waals surface area contributed by atoms with Gasteiger partial charge in [0, 0.05) is 13.0 Å². The second-order valence-corrected chi connectivity index (χ2v) is 3.30. The Bertz CT molecular complexity index is 219. The second-order valence-electron chi connectivity index (χ2n) is 3.30. The van der Waals surface area contributed by atoms with Crippen molar-refractivity contribution in [2.45, 2.75) is 18.9 Å². The van der Waals surface area contributed by atoms with E-state index in [0.29, 0.717) is 18.8 Å². The molecule has 0 radical (unpaired) electrons. The second kappa shape index (κ2) is 3.59. The van der Waals surface area contributed by atoms with Crippen molar-refractivity contribution < 1.29 is 9.90 Å². The van der Waals surface area contributed by atoms with E-state index in [-0.39, 0.29) is 6.04 Å². The zero-order valence-electron chi connectivity index (χ0n) is 7.16. The van der Waals surface area contributed by atoms with E-state index < -0.39 is 5.97 Å². The maximum absolute atomic E-state index is 10.7. The summed E-state index contributed by atoms with van der Waals surface area (Å²) in [6.45, 7) is 0.807. The van der Waals surface area contributed by atoms with Crippen molar-refractivity contribution >= 4 is 5.97 Å². The highest BCUT2D eigenvalue weighted by Crippen LogP contribution is 2.23. The van der Waals surface area contributed by atoms with Gasteiger partial charge in [0.05, 0.1) is 0 Å². The van der Waals surface area contributed by atoms with Crippen LogP contribution in [0.25, 0.3) is 0 Å². The van der Waals surface area contributed by atoms with Gasteiger partial charge in [0.2, 0.25) is 0 Å². The molecule has 0 spiro atoms. The fourth-order valence-electron chi connectivity index (χ4n) is 1.71. The molecule has 0 aromatic rings. The van der Waals surface area contributed by atoms with E-state index in [1.807, 2.05) is 11.9 Å². The summed E-state index contributed by atoms with van der Waals surface area (Å²) in [4.78, 5) is 12.5. The van der Waals surface area contributed by atoms with E-state index in [1.54, 1.807) is 0 Å². The van der Waals surface area contributed by atoms with Gasteiger partial charge in [0.15, 0.2) is 0 Å². The van der Waals surface area contributed by atoms with E-state index in [4.69, 9.17) is 11.5 Å². The summed E-state index contributed by atoms with van der Waals surface area (Å²) in [5, 5.41) is 8.78. The first-order valence-electron chi connectivity index (χ1n) is 4.01. The number of terminal acetylenes is 1. The predicted octanol–water partition coefficient (Wildman–Crippen LogP) is 0.415. The molecule has 2 atom stereocenters. The Hall–Kier alpha value is -1.01. The summed E-state index contributed by atoms with van der Waals surface area (Å²) >= 11 is 0. The van der Waals surface area contributed by atoms with Crippen molar-refractivity contribution in [3.8, 4) is 12.3 Å². The fourth-order valence-corrected chi connectivity index (χ4v) is 1.71. The molecule has 1 N–H and O–H groups in total. The Morgan fingerprint density at radius 1 is 1.83 bits per heavy atom. The van der Waals surface area contributed by atoms with Crippen molar-refractivity contribution in [1.82, 2.24) is 4.90 Å². The largest absolute Gasteiger partial charge is 0.480 e. The summed E-state index contributed by atoms with van der Waals surface area (Å²) in [7, 11) is 1.83. The maximum atomic E-state index is 10.7. The maximum Gasteiger partial charge on any atom is 0.320 e. The minimum Gasteiger partial charge on any atom is -0.480 e. The Morgan fingerprint density at radius 2 is 2.50 bits per heavy atom. The number of likely N-dealkylation sites (N-methyl/N-ethyl adjacent to an activating group) is 1. The van der Waals surface area contributed by atoms with Crippen LogP contribution in [0.5, 0.6) is 0 Å². The van der Waals surface area contributed by atoms with Crippen LogP contribution in [-0.2, 0) is 4.79 Å². The molecule has 0 aromatic heterocycles. The lowest BCUT2D eigenvalue weighted by Gasteiger charge is -2.13. The van der Waals surface area contributed by atoms with Gasteiger partial charge in [-0.05, 0) is 19.4 Å². The molecule has 0 aliphatic carbocycles. The SMILES string of the molecule is C#CCC1CC(C(=O)O)N(C)C1. The summed E-state index contributed by atoms with van der Waals surface area (Å²) in [5.74, 6) is 2.19. The first-order valence-corrected chi connectivity index (χ1v) is 4.01. The number of aliphatic carboxylic acids is 1.